The fourth-order valence-corrected chi connectivity index (χ4v) is 3.05. The van der Waals surface area contributed by atoms with Crippen molar-refractivity contribution >= 4 is 5.91 Å². The largest absolute Gasteiger partial charge is 0.486 e. The van der Waals surface area contributed by atoms with Crippen LogP contribution in [-0.4, -0.2) is 25.2 Å². The zero-order valence-corrected chi connectivity index (χ0v) is 12.4. The van der Waals surface area contributed by atoms with E-state index >= 15 is 0 Å². The minimum absolute atomic E-state index is 0.00227. The van der Waals surface area contributed by atoms with E-state index in [0.29, 0.717) is 30.6 Å². The monoisotopic (exact) mass is 289 g/mol. The van der Waals surface area contributed by atoms with E-state index in [1.165, 1.54) is 32.1 Å². The summed E-state index contributed by atoms with van der Waals surface area (Å²) in [5.41, 5.74) is 0.654. The van der Waals surface area contributed by atoms with E-state index in [9.17, 15) is 4.79 Å². The summed E-state index contributed by atoms with van der Waals surface area (Å²) in [4.78, 5) is 12.4. The molecular formula is C17H23NO3. The van der Waals surface area contributed by atoms with Crippen molar-refractivity contribution in [2.75, 3.05) is 13.2 Å². The molecule has 4 heteroatoms. The molecule has 0 saturated heterocycles. The third-order valence-corrected chi connectivity index (χ3v) is 4.24. The second-order valence-electron chi connectivity index (χ2n) is 5.87. The molecule has 4 nitrogen and oxygen atoms in total. The topological polar surface area (TPSA) is 47.6 Å². The Morgan fingerprint density at radius 3 is 2.38 bits per heavy atom. The lowest BCUT2D eigenvalue weighted by Gasteiger charge is -2.22. The van der Waals surface area contributed by atoms with Crippen LogP contribution in [0.15, 0.2) is 18.2 Å². The van der Waals surface area contributed by atoms with E-state index < -0.39 is 0 Å². The molecule has 3 rings (SSSR count). The molecule has 1 aliphatic carbocycles. The maximum Gasteiger partial charge on any atom is 0.251 e. The Balaban J connectivity index is 1.64. The summed E-state index contributed by atoms with van der Waals surface area (Å²) in [5.74, 6) is 1.40. The highest BCUT2D eigenvalue weighted by molar-refractivity contribution is 5.95. The van der Waals surface area contributed by atoms with Crippen molar-refractivity contribution < 1.29 is 14.3 Å². The number of nitrogens with one attached hydrogen (secondary N) is 1. The third-order valence-electron chi connectivity index (χ3n) is 4.24. The molecule has 0 radical (unpaired) electrons. The van der Waals surface area contributed by atoms with Crippen LogP contribution in [-0.2, 0) is 0 Å². The van der Waals surface area contributed by atoms with E-state index in [1.807, 2.05) is 12.1 Å². The number of amides is 1. The summed E-state index contributed by atoms with van der Waals surface area (Å²) < 4.78 is 11.0. The number of rotatable bonds is 2. The van der Waals surface area contributed by atoms with Crippen LogP contribution in [0.5, 0.6) is 11.5 Å². The fraction of sp³-hybridized carbons (Fsp3) is 0.588. The number of carbonyl (C=O) groups is 1. The first-order chi connectivity index (χ1) is 10.3. The number of fused-ring (bicyclic) bond motifs is 1. The summed E-state index contributed by atoms with van der Waals surface area (Å²) in [6.45, 7) is 1.11. The van der Waals surface area contributed by atoms with Crippen LogP contribution in [0.4, 0.5) is 0 Å². The number of hydrogen-bond acceptors (Lipinski definition) is 3. The van der Waals surface area contributed by atoms with Gasteiger partial charge in [0.2, 0.25) is 0 Å². The molecule has 0 atom stereocenters. The Morgan fingerprint density at radius 1 is 0.952 bits per heavy atom. The van der Waals surface area contributed by atoms with Crippen LogP contribution in [0, 0.1) is 0 Å². The van der Waals surface area contributed by atoms with E-state index in [-0.39, 0.29) is 5.91 Å². The average Bonchev–Trinajstić information content (AvgIpc) is 2.49. The molecule has 1 heterocycles. The average molecular weight is 289 g/mol. The first kappa shape index (κ1) is 14.2. The van der Waals surface area contributed by atoms with Crippen LogP contribution in [0.3, 0.4) is 0 Å². The zero-order chi connectivity index (χ0) is 14.5. The van der Waals surface area contributed by atoms with E-state index in [2.05, 4.69) is 5.32 Å². The molecule has 1 N–H and O–H groups in total. The number of carbonyl (C=O) groups excluding carboxylic acids is 1. The van der Waals surface area contributed by atoms with Gasteiger partial charge in [-0.25, -0.2) is 0 Å². The molecule has 1 amide bonds. The summed E-state index contributed by atoms with van der Waals surface area (Å²) in [6, 6.07) is 5.73. The lowest BCUT2D eigenvalue weighted by molar-refractivity contribution is 0.0929. The van der Waals surface area contributed by atoms with Crippen LogP contribution < -0.4 is 14.8 Å². The molecule has 1 aliphatic heterocycles. The molecule has 1 saturated carbocycles. The highest BCUT2D eigenvalue weighted by Gasteiger charge is 2.18. The van der Waals surface area contributed by atoms with Crippen LogP contribution in [0.1, 0.15) is 55.3 Å². The minimum atomic E-state index is -0.00227. The van der Waals surface area contributed by atoms with Crippen molar-refractivity contribution in [1.29, 1.82) is 0 Å². The standard InChI is InChI=1S/C17H23NO3/c19-17(18-14-6-4-2-1-3-5-7-14)13-8-9-15-16(12-13)21-11-10-20-15/h8-9,12,14H,1-7,10-11H2,(H,18,19). The molecule has 1 fully saturated rings. The Hall–Kier alpha value is -1.71. The quantitative estimate of drug-likeness (QED) is 0.908. The highest BCUT2D eigenvalue weighted by atomic mass is 16.6. The lowest BCUT2D eigenvalue weighted by Crippen LogP contribution is -2.35. The predicted octanol–water partition coefficient (Wildman–Crippen LogP) is 3.30. The zero-order valence-electron chi connectivity index (χ0n) is 12.4. The van der Waals surface area contributed by atoms with E-state index in [0.717, 1.165) is 18.6 Å². The Morgan fingerprint density at radius 2 is 1.62 bits per heavy atom. The Kier molecular flexibility index (Phi) is 4.63. The SMILES string of the molecule is O=C(NC1CCCCCCC1)c1ccc2c(c1)OCCO2. The maximum absolute atomic E-state index is 12.4. The van der Waals surface area contributed by atoms with Crippen molar-refractivity contribution in [3.8, 4) is 11.5 Å². The lowest BCUT2D eigenvalue weighted by atomic mass is 9.96. The molecule has 2 aliphatic rings. The van der Waals surface area contributed by atoms with Crippen molar-refractivity contribution in [3.63, 3.8) is 0 Å². The molecule has 1 aromatic rings. The fourth-order valence-electron chi connectivity index (χ4n) is 3.05. The molecular weight excluding hydrogens is 266 g/mol. The summed E-state index contributed by atoms with van der Waals surface area (Å²) in [6.07, 6.45) is 8.53. The molecule has 1 aromatic carbocycles. The van der Waals surface area contributed by atoms with Gasteiger partial charge in [0.25, 0.3) is 5.91 Å². The van der Waals surface area contributed by atoms with Gasteiger partial charge in [-0.05, 0) is 31.0 Å². The van der Waals surface area contributed by atoms with Crippen molar-refractivity contribution in [1.82, 2.24) is 5.32 Å². The third kappa shape index (κ3) is 3.69. The van der Waals surface area contributed by atoms with Gasteiger partial charge in [-0.3, -0.25) is 4.79 Å². The normalized spacial score (nSPS) is 19.4. The van der Waals surface area contributed by atoms with Gasteiger partial charge in [0, 0.05) is 11.6 Å². The summed E-state index contributed by atoms with van der Waals surface area (Å²) in [5, 5.41) is 3.17. The molecule has 0 spiro atoms. The molecule has 21 heavy (non-hydrogen) atoms. The van der Waals surface area contributed by atoms with Crippen LogP contribution >= 0.6 is 0 Å². The van der Waals surface area contributed by atoms with Crippen molar-refractivity contribution in [2.24, 2.45) is 0 Å². The summed E-state index contributed by atoms with van der Waals surface area (Å²) >= 11 is 0. The van der Waals surface area contributed by atoms with Crippen LogP contribution in [0.2, 0.25) is 0 Å². The first-order valence-corrected chi connectivity index (χ1v) is 8.03. The van der Waals surface area contributed by atoms with Gasteiger partial charge < -0.3 is 14.8 Å². The Labute approximate surface area is 125 Å². The van der Waals surface area contributed by atoms with E-state index in [4.69, 9.17) is 9.47 Å². The van der Waals surface area contributed by atoms with Gasteiger partial charge in [-0.15, -0.1) is 0 Å². The molecule has 0 aromatic heterocycles. The Bertz CT molecular complexity index is 493. The highest BCUT2D eigenvalue weighted by Crippen LogP contribution is 2.30. The van der Waals surface area contributed by atoms with Crippen molar-refractivity contribution in [2.45, 2.75) is 51.0 Å². The smallest absolute Gasteiger partial charge is 0.251 e. The summed E-state index contributed by atoms with van der Waals surface area (Å²) in [7, 11) is 0. The van der Waals surface area contributed by atoms with Crippen molar-refractivity contribution in [3.05, 3.63) is 23.8 Å². The van der Waals surface area contributed by atoms with Gasteiger partial charge >= 0.3 is 0 Å². The van der Waals surface area contributed by atoms with Gasteiger partial charge in [0.1, 0.15) is 13.2 Å². The van der Waals surface area contributed by atoms with Crippen LogP contribution in [0.25, 0.3) is 0 Å². The molecule has 0 bridgehead atoms. The second kappa shape index (κ2) is 6.83. The van der Waals surface area contributed by atoms with Gasteiger partial charge in [-0.1, -0.05) is 32.1 Å². The van der Waals surface area contributed by atoms with E-state index in [1.54, 1.807) is 6.07 Å². The number of ether oxygens (including phenoxy) is 2. The predicted molar refractivity (Wildman–Crippen MR) is 81.0 cm³/mol. The van der Waals surface area contributed by atoms with Gasteiger partial charge in [-0.2, -0.15) is 0 Å². The maximum atomic E-state index is 12.4. The molecule has 0 unspecified atom stereocenters. The molecule has 114 valence electrons. The minimum Gasteiger partial charge on any atom is -0.486 e. The van der Waals surface area contributed by atoms with Gasteiger partial charge in [0.15, 0.2) is 11.5 Å². The second-order valence-corrected chi connectivity index (χ2v) is 5.87. The number of hydrogen-bond donors (Lipinski definition) is 1. The van der Waals surface area contributed by atoms with Gasteiger partial charge in [0.05, 0.1) is 0 Å². The first-order valence-electron chi connectivity index (χ1n) is 8.03. The number of benzene rings is 1.